The minimum Gasteiger partial charge on any atom is -0.465 e. The van der Waals surface area contributed by atoms with Gasteiger partial charge < -0.3 is 9.64 Å². The van der Waals surface area contributed by atoms with Crippen molar-refractivity contribution in [2.45, 2.75) is 82.7 Å². The van der Waals surface area contributed by atoms with Crippen LogP contribution in [0.15, 0.2) is 0 Å². The molecule has 4 fully saturated rings. The Hall–Kier alpha value is -0.245. The molecule has 2 bridgehead atoms. The monoisotopic (exact) mass is 278 g/mol. The van der Waals surface area contributed by atoms with Crippen molar-refractivity contribution in [3.8, 4) is 0 Å². The van der Waals surface area contributed by atoms with E-state index >= 15 is 0 Å². The van der Waals surface area contributed by atoms with E-state index in [-0.39, 0.29) is 0 Å². The normalized spacial score (nSPS) is 41.3. The molecule has 4 unspecified atom stereocenters. The SMILES string of the molecule is CC(C)N1C(=S)OC2CC3[B]C(C(C)C)(CCC21)C3. The number of ether oxygens (including phenoxy) is 1. The first-order chi connectivity index (χ1) is 8.93. The maximum Gasteiger partial charge on any atom is 0.260 e. The molecule has 0 aromatic heterocycles. The molecule has 0 spiro atoms. The van der Waals surface area contributed by atoms with Crippen molar-refractivity contribution in [1.29, 1.82) is 0 Å². The first kappa shape index (κ1) is 13.7. The van der Waals surface area contributed by atoms with Crippen molar-refractivity contribution < 1.29 is 4.74 Å². The molecular formula is C15H25BNOS. The van der Waals surface area contributed by atoms with Crippen molar-refractivity contribution in [3.05, 3.63) is 0 Å². The summed E-state index contributed by atoms with van der Waals surface area (Å²) in [6.07, 6.45) is 5.40. The first-order valence-electron chi connectivity index (χ1n) is 7.78. The number of nitrogens with zero attached hydrogens (tertiary/aromatic N) is 1. The van der Waals surface area contributed by atoms with E-state index in [0.29, 0.717) is 23.5 Å². The van der Waals surface area contributed by atoms with E-state index < -0.39 is 0 Å². The fraction of sp³-hybridized carbons (Fsp3) is 0.933. The van der Waals surface area contributed by atoms with Gasteiger partial charge in [-0.25, -0.2) is 0 Å². The van der Waals surface area contributed by atoms with Crippen LogP contribution in [0.4, 0.5) is 0 Å². The lowest BCUT2D eigenvalue weighted by Crippen LogP contribution is -2.49. The molecular weight excluding hydrogens is 253 g/mol. The zero-order valence-electron chi connectivity index (χ0n) is 12.6. The van der Waals surface area contributed by atoms with Crippen LogP contribution in [-0.4, -0.2) is 35.5 Å². The molecule has 1 saturated carbocycles. The van der Waals surface area contributed by atoms with Crippen LogP contribution < -0.4 is 0 Å². The van der Waals surface area contributed by atoms with Crippen LogP contribution in [0.1, 0.15) is 53.4 Å². The number of hydrogen-bond donors (Lipinski definition) is 0. The van der Waals surface area contributed by atoms with Crippen LogP contribution in [0.3, 0.4) is 0 Å². The molecule has 4 heteroatoms. The maximum atomic E-state index is 6.00. The van der Waals surface area contributed by atoms with Gasteiger partial charge >= 0.3 is 0 Å². The zero-order valence-corrected chi connectivity index (χ0v) is 13.4. The summed E-state index contributed by atoms with van der Waals surface area (Å²) >= 11 is 5.44. The summed E-state index contributed by atoms with van der Waals surface area (Å²) < 4.78 is 6.00. The Bertz CT molecular complexity index is 378. The molecule has 1 aliphatic carbocycles. The lowest BCUT2D eigenvalue weighted by atomic mass is 9.26. The van der Waals surface area contributed by atoms with Crippen LogP contribution in [0.25, 0.3) is 0 Å². The van der Waals surface area contributed by atoms with E-state index in [1.165, 1.54) is 25.7 Å². The predicted molar refractivity (Wildman–Crippen MR) is 83.7 cm³/mol. The van der Waals surface area contributed by atoms with Gasteiger partial charge in [0.15, 0.2) is 0 Å². The summed E-state index contributed by atoms with van der Waals surface area (Å²) in [7, 11) is 2.62. The lowest BCUT2D eigenvalue weighted by molar-refractivity contribution is 0.120. The van der Waals surface area contributed by atoms with Crippen LogP contribution in [0.2, 0.25) is 11.1 Å². The van der Waals surface area contributed by atoms with Gasteiger partial charge in [0.2, 0.25) is 0 Å². The first-order valence-corrected chi connectivity index (χ1v) is 8.19. The van der Waals surface area contributed by atoms with Gasteiger partial charge in [-0.2, -0.15) is 0 Å². The Morgan fingerprint density at radius 1 is 1.37 bits per heavy atom. The summed E-state index contributed by atoms with van der Waals surface area (Å²) in [4.78, 5) is 2.35. The van der Waals surface area contributed by atoms with Gasteiger partial charge in [-0.05, 0) is 44.8 Å². The Morgan fingerprint density at radius 3 is 2.63 bits per heavy atom. The highest BCUT2D eigenvalue weighted by Gasteiger charge is 2.53. The fourth-order valence-electron chi connectivity index (χ4n) is 4.40. The molecule has 4 atom stereocenters. The zero-order chi connectivity index (χ0) is 13.8. The summed E-state index contributed by atoms with van der Waals surface area (Å²) in [5.74, 6) is 1.52. The van der Waals surface area contributed by atoms with E-state index in [4.69, 9.17) is 17.0 Å². The van der Waals surface area contributed by atoms with Gasteiger partial charge in [-0.1, -0.05) is 37.8 Å². The van der Waals surface area contributed by atoms with Crippen LogP contribution in [0, 0.1) is 5.92 Å². The highest BCUT2D eigenvalue weighted by molar-refractivity contribution is 7.80. The number of rotatable bonds is 2. The third-order valence-corrected chi connectivity index (χ3v) is 5.91. The second kappa shape index (κ2) is 4.65. The van der Waals surface area contributed by atoms with Crippen LogP contribution in [0.5, 0.6) is 0 Å². The smallest absolute Gasteiger partial charge is 0.260 e. The van der Waals surface area contributed by atoms with E-state index in [2.05, 4.69) is 39.9 Å². The number of thiocarbonyl (C=S) groups is 1. The minimum atomic E-state index is 0.335. The van der Waals surface area contributed by atoms with Gasteiger partial charge in [-0.3, -0.25) is 0 Å². The Kier molecular flexibility index (Phi) is 3.36. The average molecular weight is 278 g/mol. The third kappa shape index (κ3) is 2.11. The molecule has 2 nitrogen and oxygen atoms in total. The van der Waals surface area contributed by atoms with Crippen molar-refractivity contribution in [2.75, 3.05) is 0 Å². The van der Waals surface area contributed by atoms with Crippen molar-refractivity contribution >= 4 is 24.7 Å². The van der Waals surface area contributed by atoms with Crippen LogP contribution >= 0.6 is 12.2 Å². The van der Waals surface area contributed by atoms with Gasteiger partial charge in [-0.15, -0.1) is 0 Å². The predicted octanol–water partition coefficient (Wildman–Crippen LogP) is 3.64. The second-order valence-electron chi connectivity index (χ2n) is 7.28. The molecule has 3 aliphatic heterocycles. The summed E-state index contributed by atoms with van der Waals surface area (Å²) in [6, 6.07) is 0.972. The molecule has 0 aromatic carbocycles. The number of fused-ring (bicyclic) bond motifs is 1. The Balaban J connectivity index is 1.79. The largest absolute Gasteiger partial charge is 0.465 e. The molecule has 4 rings (SSSR count). The average Bonchev–Trinajstić information content (AvgIpc) is 2.51. The second-order valence-corrected chi connectivity index (χ2v) is 7.63. The molecule has 3 heterocycles. The highest BCUT2D eigenvalue weighted by Crippen LogP contribution is 2.61. The van der Waals surface area contributed by atoms with E-state index in [9.17, 15) is 0 Å². The molecule has 0 N–H and O–H groups in total. The molecule has 1 radical (unpaired) electrons. The summed E-state index contributed by atoms with van der Waals surface area (Å²) in [5, 5.41) is 1.24. The van der Waals surface area contributed by atoms with Gasteiger partial charge in [0, 0.05) is 6.04 Å². The molecule has 0 aromatic rings. The molecule has 0 amide bonds. The standard InChI is InChI=1S/C15H25BNOS/c1-9(2)15-6-5-12-13(7-11(8-15)16-15)18-14(19)17(12)10(3)4/h9-13H,5-8H2,1-4H3. The minimum absolute atomic E-state index is 0.335. The van der Waals surface area contributed by atoms with Gasteiger partial charge in [0.1, 0.15) is 13.4 Å². The van der Waals surface area contributed by atoms with Crippen LogP contribution in [-0.2, 0) is 4.74 Å². The van der Waals surface area contributed by atoms with Crippen molar-refractivity contribution in [1.82, 2.24) is 4.90 Å². The fourth-order valence-corrected chi connectivity index (χ4v) is 4.87. The Labute approximate surface area is 123 Å². The Morgan fingerprint density at radius 2 is 2.05 bits per heavy atom. The quantitative estimate of drug-likeness (QED) is 0.565. The molecule has 19 heavy (non-hydrogen) atoms. The lowest BCUT2D eigenvalue weighted by Gasteiger charge is -2.54. The maximum absolute atomic E-state index is 6.00. The van der Waals surface area contributed by atoms with E-state index in [0.717, 1.165) is 16.9 Å². The third-order valence-electron chi connectivity index (χ3n) is 5.61. The molecule has 105 valence electrons. The van der Waals surface area contributed by atoms with E-state index in [1.807, 2.05) is 0 Å². The van der Waals surface area contributed by atoms with Gasteiger partial charge in [0.05, 0.1) is 6.04 Å². The molecule has 4 aliphatic rings. The summed E-state index contributed by atoms with van der Waals surface area (Å²) in [5.41, 5.74) is 0. The van der Waals surface area contributed by atoms with Crippen molar-refractivity contribution in [2.24, 2.45) is 5.92 Å². The summed E-state index contributed by atoms with van der Waals surface area (Å²) in [6.45, 7) is 9.20. The van der Waals surface area contributed by atoms with Crippen molar-refractivity contribution in [3.63, 3.8) is 0 Å². The topological polar surface area (TPSA) is 12.5 Å². The van der Waals surface area contributed by atoms with Gasteiger partial charge in [0.25, 0.3) is 5.17 Å². The number of hydrogen-bond acceptors (Lipinski definition) is 2. The highest BCUT2D eigenvalue weighted by atomic mass is 32.1. The van der Waals surface area contributed by atoms with E-state index in [1.54, 1.807) is 0 Å². The molecule has 3 saturated heterocycles.